The van der Waals surface area contributed by atoms with Gasteiger partial charge in [-0.2, -0.15) is 0 Å². The molecule has 1 heterocycles. The van der Waals surface area contributed by atoms with Crippen LogP contribution in [0.15, 0.2) is 49.2 Å². The highest BCUT2D eigenvalue weighted by atomic mass is 16.5. The van der Waals surface area contributed by atoms with E-state index in [-0.39, 0.29) is 0 Å². The average molecular weight is 211 g/mol. The first-order chi connectivity index (χ1) is 7.78. The lowest BCUT2D eigenvalue weighted by Gasteiger charge is -2.05. The maximum Gasteiger partial charge on any atom is 0.145 e. The molecule has 0 radical (unpaired) electrons. The quantitative estimate of drug-likeness (QED) is 0.769. The van der Waals surface area contributed by atoms with Gasteiger partial charge in [-0.25, -0.2) is 0 Å². The number of nitrogens with zero attached hydrogens (tertiary/aromatic N) is 1. The predicted molar refractivity (Wildman–Crippen MR) is 65.6 cm³/mol. The zero-order valence-corrected chi connectivity index (χ0v) is 9.18. The molecule has 0 unspecified atom stereocenters. The minimum Gasteiger partial charge on any atom is -0.456 e. The van der Waals surface area contributed by atoms with Gasteiger partial charge in [0.15, 0.2) is 0 Å². The lowest BCUT2D eigenvalue weighted by atomic mass is 10.2. The van der Waals surface area contributed by atoms with Gasteiger partial charge in [-0.15, -0.1) is 0 Å². The van der Waals surface area contributed by atoms with Crippen LogP contribution in [0, 0.1) is 6.92 Å². The fraction of sp³-hybridized carbons (Fsp3) is 0.0714. The van der Waals surface area contributed by atoms with Crippen molar-refractivity contribution in [1.82, 2.24) is 4.98 Å². The number of pyridine rings is 1. The molecule has 2 rings (SSSR count). The Morgan fingerprint density at radius 2 is 1.75 bits per heavy atom. The SMILES string of the molecule is C=Cc1ccc(Oc2ccc(C)nc2)cc1. The normalized spacial score (nSPS) is 9.81. The van der Waals surface area contributed by atoms with E-state index >= 15 is 0 Å². The van der Waals surface area contributed by atoms with Gasteiger partial charge in [0.05, 0.1) is 6.20 Å². The van der Waals surface area contributed by atoms with Crippen molar-refractivity contribution in [1.29, 1.82) is 0 Å². The Hall–Kier alpha value is -2.09. The molecule has 16 heavy (non-hydrogen) atoms. The zero-order valence-electron chi connectivity index (χ0n) is 9.18. The molecule has 0 aliphatic heterocycles. The minimum atomic E-state index is 0.747. The van der Waals surface area contributed by atoms with Crippen LogP contribution in [0.5, 0.6) is 11.5 Å². The van der Waals surface area contributed by atoms with Gasteiger partial charge in [-0.05, 0) is 36.8 Å². The fourth-order valence-corrected chi connectivity index (χ4v) is 1.32. The third-order valence-corrected chi connectivity index (χ3v) is 2.24. The Balaban J connectivity index is 2.14. The lowest BCUT2D eigenvalue weighted by molar-refractivity contribution is 0.480. The smallest absolute Gasteiger partial charge is 0.145 e. The van der Waals surface area contributed by atoms with Crippen LogP contribution in [0.1, 0.15) is 11.3 Å². The predicted octanol–water partition coefficient (Wildman–Crippen LogP) is 3.83. The summed E-state index contributed by atoms with van der Waals surface area (Å²) in [5, 5.41) is 0. The number of hydrogen-bond donors (Lipinski definition) is 0. The molecule has 0 atom stereocenters. The summed E-state index contributed by atoms with van der Waals surface area (Å²) < 4.78 is 5.64. The number of aromatic nitrogens is 1. The van der Waals surface area contributed by atoms with Crippen molar-refractivity contribution in [3.8, 4) is 11.5 Å². The van der Waals surface area contributed by atoms with Gasteiger partial charge in [0.25, 0.3) is 0 Å². The number of ether oxygens (including phenoxy) is 1. The molecule has 0 spiro atoms. The highest BCUT2D eigenvalue weighted by Crippen LogP contribution is 2.21. The van der Waals surface area contributed by atoms with Crippen molar-refractivity contribution < 1.29 is 4.74 Å². The Morgan fingerprint density at radius 1 is 1.06 bits per heavy atom. The van der Waals surface area contributed by atoms with Gasteiger partial charge in [0, 0.05) is 5.69 Å². The van der Waals surface area contributed by atoms with Crippen LogP contribution in [-0.2, 0) is 0 Å². The molecule has 2 heteroatoms. The second-order valence-corrected chi connectivity index (χ2v) is 3.51. The van der Waals surface area contributed by atoms with E-state index in [4.69, 9.17) is 4.74 Å². The molecule has 80 valence electrons. The van der Waals surface area contributed by atoms with Crippen molar-refractivity contribution in [3.63, 3.8) is 0 Å². The van der Waals surface area contributed by atoms with Crippen molar-refractivity contribution >= 4 is 6.08 Å². The van der Waals surface area contributed by atoms with Crippen LogP contribution in [0.2, 0.25) is 0 Å². The first kappa shape index (κ1) is 10.4. The Bertz CT molecular complexity index is 471. The number of aryl methyl sites for hydroxylation is 1. The molecular weight excluding hydrogens is 198 g/mol. The van der Waals surface area contributed by atoms with E-state index in [2.05, 4.69) is 11.6 Å². The summed E-state index contributed by atoms with van der Waals surface area (Å²) in [6.45, 7) is 5.65. The molecule has 0 amide bonds. The highest BCUT2D eigenvalue weighted by Gasteiger charge is 1.97. The van der Waals surface area contributed by atoms with E-state index in [1.807, 2.05) is 43.3 Å². The van der Waals surface area contributed by atoms with Crippen LogP contribution < -0.4 is 4.74 Å². The lowest BCUT2D eigenvalue weighted by Crippen LogP contribution is -1.86. The maximum atomic E-state index is 5.64. The molecule has 0 saturated heterocycles. The Morgan fingerprint density at radius 3 is 2.31 bits per heavy atom. The third-order valence-electron chi connectivity index (χ3n) is 2.24. The molecular formula is C14H13NO. The summed E-state index contributed by atoms with van der Waals surface area (Å²) in [6, 6.07) is 11.6. The summed E-state index contributed by atoms with van der Waals surface area (Å²) in [5.74, 6) is 1.55. The third kappa shape index (κ3) is 2.48. The zero-order chi connectivity index (χ0) is 11.4. The Labute approximate surface area is 95.2 Å². The second kappa shape index (κ2) is 4.62. The van der Waals surface area contributed by atoms with Crippen LogP contribution in [0.3, 0.4) is 0 Å². The largest absolute Gasteiger partial charge is 0.456 e. The molecule has 2 aromatic rings. The molecule has 0 saturated carbocycles. The van der Waals surface area contributed by atoms with Crippen LogP contribution in [-0.4, -0.2) is 4.98 Å². The fourth-order valence-electron chi connectivity index (χ4n) is 1.32. The van der Waals surface area contributed by atoms with Crippen LogP contribution in [0.25, 0.3) is 6.08 Å². The molecule has 1 aromatic carbocycles. The summed E-state index contributed by atoms with van der Waals surface area (Å²) in [7, 11) is 0. The van der Waals surface area contributed by atoms with Crippen LogP contribution >= 0.6 is 0 Å². The molecule has 2 nitrogen and oxygen atoms in total. The summed E-state index contributed by atoms with van der Waals surface area (Å²) >= 11 is 0. The van der Waals surface area contributed by atoms with E-state index in [1.54, 1.807) is 12.3 Å². The van der Waals surface area contributed by atoms with Gasteiger partial charge in [0.2, 0.25) is 0 Å². The summed E-state index contributed by atoms with van der Waals surface area (Å²) in [4.78, 5) is 4.17. The monoisotopic (exact) mass is 211 g/mol. The average Bonchev–Trinajstić information content (AvgIpc) is 2.33. The minimum absolute atomic E-state index is 0.747. The van der Waals surface area contributed by atoms with Crippen LogP contribution in [0.4, 0.5) is 0 Å². The Kier molecular flexibility index (Phi) is 3.01. The topological polar surface area (TPSA) is 22.1 Å². The number of hydrogen-bond acceptors (Lipinski definition) is 2. The molecule has 0 aliphatic carbocycles. The van der Waals surface area contributed by atoms with Gasteiger partial charge in [0.1, 0.15) is 11.5 Å². The standard InChI is InChI=1S/C14H13NO/c1-3-12-5-8-13(9-6-12)16-14-7-4-11(2)15-10-14/h3-10H,1H2,2H3. The molecule has 0 aliphatic rings. The van der Waals surface area contributed by atoms with Crippen molar-refractivity contribution in [2.45, 2.75) is 6.92 Å². The number of benzene rings is 1. The van der Waals surface area contributed by atoms with Crippen molar-refractivity contribution in [3.05, 3.63) is 60.4 Å². The van der Waals surface area contributed by atoms with E-state index < -0.39 is 0 Å². The summed E-state index contributed by atoms with van der Waals surface area (Å²) in [6.07, 6.45) is 3.52. The van der Waals surface area contributed by atoms with Gasteiger partial charge in [-0.3, -0.25) is 4.98 Å². The second-order valence-electron chi connectivity index (χ2n) is 3.51. The molecule has 1 aromatic heterocycles. The molecule has 0 fully saturated rings. The molecule has 0 bridgehead atoms. The van der Waals surface area contributed by atoms with E-state index in [9.17, 15) is 0 Å². The summed E-state index contributed by atoms with van der Waals surface area (Å²) in [5.41, 5.74) is 2.06. The van der Waals surface area contributed by atoms with Crippen molar-refractivity contribution in [2.24, 2.45) is 0 Å². The molecule has 0 N–H and O–H groups in total. The first-order valence-corrected chi connectivity index (χ1v) is 5.11. The van der Waals surface area contributed by atoms with Gasteiger partial charge >= 0.3 is 0 Å². The van der Waals surface area contributed by atoms with Gasteiger partial charge < -0.3 is 4.74 Å². The number of rotatable bonds is 3. The maximum absolute atomic E-state index is 5.64. The first-order valence-electron chi connectivity index (χ1n) is 5.11. The van der Waals surface area contributed by atoms with Crippen molar-refractivity contribution in [2.75, 3.05) is 0 Å². The van der Waals surface area contributed by atoms with E-state index in [0.29, 0.717) is 0 Å². The van der Waals surface area contributed by atoms with Gasteiger partial charge in [-0.1, -0.05) is 24.8 Å². The van der Waals surface area contributed by atoms with E-state index in [0.717, 1.165) is 22.8 Å². The highest BCUT2D eigenvalue weighted by molar-refractivity contribution is 5.48. The van der Waals surface area contributed by atoms with E-state index in [1.165, 1.54) is 0 Å².